The van der Waals surface area contributed by atoms with Gasteiger partial charge in [0.2, 0.25) is 0 Å². The van der Waals surface area contributed by atoms with Gasteiger partial charge in [0.15, 0.2) is 0 Å². The van der Waals surface area contributed by atoms with Gasteiger partial charge in [-0.25, -0.2) is 0 Å². The first-order chi connectivity index (χ1) is 6.56. The molecule has 2 atom stereocenters. The van der Waals surface area contributed by atoms with E-state index in [2.05, 4.69) is 54.9 Å². The lowest BCUT2D eigenvalue weighted by Crippen LogP contribution is -2.19. The van der Waals surface area contributed by atoms with Crippen LogP contribution in [0.25, 0.3) is 0 Å². The highest BCUT2D eigenvalue weighted by atomic mass is 79.9. The molecule has 0 heterocycles. The van der Waals surface area contributed by atoms with Crippen molar-refractivity contribution in [3.63, 3.8) is 0 Å². The number of rotatable bonds is 3. The molecule has 0 radical (unpaired) electrons. The molecule has 0 saturated carbocycles. The molecular weight excluding hydrogens is 238 g/mol. The summed E-state index contributed by atoms with van der Waals surface area (Å²) in [7, 11) is 0. The molecule has 14 heavy (non-hydrogen) atoms. The van der Waals surface area contributed by atoms with Crippen molar-refractivity contribution in [2.24, 2.45) is 11.7 Å². The van der Waals surface area contributed by atoms with Gasteiger partial charge in [-0.2, -0.15) is 0 Å². The number of hydrogen-bond acceptors (Lipinski definition) is 1. The maximum Gasteiger partial charge on any atom is 0.0323 e. The van der Waals surface area contributed by atoms with Crippen LogP contribution >= 0.6 is 15.9 Å². The van der Waals surface area contributed by atoms with Gasteiger partial charge in [0.25, 0.3) is 0 Å². The number of hydrogen-bond donors (Lipinski definition) is 1. The monoisotopic (exact) mass is 255 g/mol. The van der Waals surface area contributed by atoms with Crippen LogP contribution in [0, 0.1) is 12.8 Å². The Labute approximate surface area is 94.8 Å². The van der Waals surface area contributed by atoms with Gasteiger partial charge < -0.3 is 5.73 Å². The van der Waals surface area contributed by atoms with E-state index in [0.717, 1.165) is 10.9 Å². The Bertz CT molecular complexity index is 309. The van der Waals surface area contributed by atoms with Crippen LogP contribution in [0.4, 0.5) is 0 Å². The van der Waals surface area contributed by atoms with Crippen LogP contribution in [0.5, 0.6) is 0 Å². The van der Waals surface area contributed by atoms with Crippen molar-refractivity contribution in [1.82, 2.24) is 0 Å². The Hall–Kier alpha value is -0.340. The largest absolute Gasteiger partial charge is 0.324 e. The summed E-state index contributed by atoms with van der Waals surface area (Å²) in [5.74, 6) is 0.531. The van der Waals surface area contributed by atoms with Crippen molar-refractivity contribution in [1.29, 1.82) is 0 Å². The SMILES string of the molecule is CCC(C)[C@@H](N)c1cc(Br)ccc1C. The van der Waals surface area contributed by atoms with Gasteiger partial charge in [0.05, 0.1) is 0 Å². The van der Waals surface area contributed by atoms with Crippen molar-refractivity contribution in [3.8, 4) is 0 Å². The third kappa shape index (κ3) is 2.58. The van der Waals surface area contributed by atoms with Crippen LogP contribution in [0.1, 0.15) is 37.4 Å². The number of aryl methyl sites for hydroxylation is 1. The zero-order valence-electron chi connectivity index (χ0n) is 9.05. The summed E-state index contributed by atoms with van der Waals surface area (Å²) in [6.45, 7) is 6.49. The first kappa shape index (κ1) is 11.7. The van der Waals surface area contributed by atoms with E-state index in [0.29, 0.717) is 5.92 Å². The van der Waals surface area contributed by atoms with Gasteiger partial charge in [-0.1, -0.05) is 42.3 Å². The third-order valence-electron chi connectivity index (χ3n) is 2.86. The molecule has 1 unspecified atom stereocenters. The molecule has 0 aliphatic rings. The van der Waals surface area contributed by atoms with Gasteiger partial charge in [-0.05, 0) is 36.1 Å². The summed E-state index contributed by atoms with van der Waals surface area (Å²) in [5, 5.41) is 0. The van der Waals surface area contributed by atoms with Crippen LogP contribution in [0.2, 0.25) is 0 Å². The van der Waals surface area contributed by atoms with Crippen molar-refractivity contribution < 1.29 is 0 Å². The lowest BCUT2D eigenvalue weighted by molar-refractivity contribution is 0.455. The molecule has 0 saturated heterocycles. The molecule has 1 aromatic carbocycles. The van der Waals surface area contributed by atoms with E-state index >= 15 is 0 Å². The lowest BCUT2D eigenvalue weighted by atomic mass is 9.91. The van der Waals surface area contributed by atoms with Gasteiger partial charge >= 0.3 is 0 Å². The molecular formula is C12H18BrN. The van der Waals surface area contributed by atoms with Crippen LogP contribution in [0.15, 0.2) is 22.7 Å². The van der Waals surface area contributed by atoms with Crippen LogP contribution in [-0.2, 0) is 0 Å². The minimum atomic E-state index is 0.150. The zero-order valence-corrected chi connectivity index (χ0v) is 10.6. The van der Waals surface area contributed by atoms with Crippen LogP contribution < -0.4 is 5.73 Å². The van der Waals surface area contributed by atoms with E-state index in [1.54, 1.807) is 0 Å². The highest BCUT2D eigenvalue weighted by Gasteiger charge is 2.15. The minimum Gasteiger partial charge on any atom is -0.324 e. The zero-order chi connectivity index (χ0) is 10.7. The van der Waals surface area contributed by atoms with E-state index in [1.165, 1.54) is 11.1 Å². The van der Waals surface area contributed by atoms with Crippen molar-refractivity contribution >= 4 is 15.9 Å². The van der Waals surface area contributed by atoms with Crippen molar-refractivity contribution in [3.05, 3.63) is 33.8 Å². The van der Waals surface area contributed by atoms with Gasteiger partial charge in [-0.15, -0.1) is 0 Å². The molecule has 0 aromatic heterocycles. The molecule has 0 amide bonds. The van der Waals surface area contributed by atoms with E-state index in [1.807, 2.05) is 0 Å². The average molecular weight is 256 g/mol. The molecule has 0 aliphatic carbocycles. The molecule has 0 aliphatic heterocycles. The number of benzene rings is 1. The summed E-state index contributed by atoms with van der Waals surface area (Å²) in [4.78, 5) is 0. The second kappa shape index (κ2) is 4.94. The fraction of sp³-hybridized carbons (Fsp3) is 0.500. The molecule has 1 aromatic rings. The molecule has 2 heteroatoms. The van der Waals surface area contributed by atoms with Crippen LogP contribution in [0.3, 0.4) is 0 Å². The van der Waals surface area contributed by atoms with Crippen molar-refractivity contribution in [2.75, 3.05) is 0 Å². The average Bonchev–Trinajstić information content (AvgIpc) is 2.19. The predicted molar refractivity (Wildman–Crippen MR) is 65.3 cm³/mol. The first-order valence-electron chi connectivity index (χ1n) is 5.08. The minimum absolute atomic E-state index is 0.150. The Morgan fingerprint density at radius 2 is 2.07 bits per heavy atom. The predicted octanol–water partition coefficient (Wildman–Crippen LogP) is 3.80. The topological polar surface area (TPSA) is 26.0 Å². The Balaban J connectivity index is 2.99. The highest BCUT2D eigenvalue weighted by Crippen LogP contribution is 2.26. The molecule has 0 fully saturated rings. The Morgan fingerprint density at radius 1 is 1.43 bits per heavy atom. The van der Waals surface area contributed by atoms with E-state index < -0.39 is 0 Å². The number of halogens is 1. The molecule has 1 nitrogen and oxygen atoms in total. The summed E-state index contributed by atoms with van der Waals surface area (Å²) in [5.41, 5.74) is 8.73. The second-order valence-corrected chi connectivity index (χ2v) is 4.83. The Morgan fingerprint density at radius 3 is 2.64 bits per heavy atom. The molecule has 2 N–H and O–H groups in total. The Kier molecular flexibility index (Phi) is 4.14. The molecule has 78 valence electrons. The lowest BCUT2D eigenvalue weighted by Gasteiger charge is -2.20. The fourth-order valence-electron chi connectivity index (χ4n) is 1.53. The third-order valence-corrected chi connectivity index (χ3v) is 3.35. The maximum absolute atomic E-state index is 6.20. The van der Waals surface area contributed by atoms with E-state index in [-0.39, 0.29) is 6.04 Å². The number of nitrogens with two attached hydrogens (primary N) is 1. The summed E-state index contributed by atoms with van der Waals surface area (Å²) >= 11 is 3.48. The summed E-state index contributed by atoms with van der Waals surface area (Å²) in [6, 6.07) is 6.45. The normalized spacial score (nSPS) is 15.2. The molecule has 0 spiro atoms. The molecule has 0 bridgehead atoms. The second-order valence-electron chi connectivity index (χ2n) is 3.91. The standard InChI is InChI=1S/C12H18BrN/c1-4-8(2)12(14)11-7-10(13)6-5-9(11)3/h5-8,12H,4,14H2,1-3H3/t8?,12-/m1/s1. The van der Waals surface area contributed by atoms with Gasteiger partial charge in [0.1, 0.15) is 0 Å². The van der Waals surface area contributed by atoms with E-state index in [9.17, 15) is 0 Å². The summed E-state index contributed by atoms with van der Waals surface area (Å²) < 4.78 is 1.11. The van der Waals surface area contributed by atoms with Gasteiger partial charge in [-0.3, -0.25) is 0 Å². The van der Waals surface area contributed by atoms with E-state index in [4.69, 9.17) is 5.73 Å². The first-order valence-corrected chi connectivity index (χ1v) is 5.87. The highest BCUT2D eigenvalue weighted by molar-refractivity contribution is 9.10. The molecule has 1 rings (SSSR count). The van der Waals surface area contributed by atoms with Crippen LogP contribution in [-0.4, -0.2) is 0 Å². The van der Waals surface area contributed by atoms with Crippen molar-refractivity contribution in [2.45, 2.75) is 33.2 Å². The smallest absolute Gasteiger partial charge is 0.0323 e. The fourth-order valence-corrected chi connectivity index (χ4v) is 1.91. The quantitative estimate of drug-likeness (QED) is 0.874. The maximum atomic E-state index is 6.20. The summed E-state index contributed by atoms with van der Waals surface area (Å²) in [6.07, 6.45) is 1.12. The van der Waals surface area contributed by atoms with Gasteiger partial charge in [0, 0.05) is 10.5 Å².